The molecule has 64 valence electrons. The molecule has 0 bridgehead atoms. The van der Waals surface area contributed by atoms with Gasteiger partial charge in [-0.15, -0.1) is 0 Å². The Bertz CT molecular complexity index is 382. The monoisotopic (exact) mass is 173 g/mol. The molecule has 0 spiro atoms. The molecule has 1 aromatic rings. The van der Waals surface area contributed by atoms with Crippen molar-refractivity contribution in [3.63, 3.8) is 0 Å². The summed E-state index contributed by atoms with van der Waals surface area (Å²) in [6.45, 7) is 1.44. The first-order chi connectivity index (χ1) is 6.24. The molecule has 0 aliphatic heterocycles. The van der Waals surface area contributed by atoms with Crippen LogP contribution in [-0.2, 0) is 4.79 Å². The van der Waals surface area contributed by atoms with Crippen molar-refractivity contribution in [3.05, 3.63) is 29.6 Å². The van der Waals surface area contributed by atoms with E-state index in [1.54, 1.807) is 12.1 Å². The van der Waals surface area contributed by atoms with Crippen molar-refractivity contribution < 1.29 is 9.59 Å². The number of aromatic nitrogens is 1. The molecule has 13 heavy (non-hydrogen) atoms. The summed E-state index contributed by atoms with van der Waals surface area (Å²) in [6, 6.07) is 3.23. The van der Waals surface area contributed by atoms with Gasteiger partial charge in [0.25, 0.3) is 0 Å². The van der Waals surface area contributed by atoms with Gasteiger partial charge in [0.1, 0.15) is 5.69 Å². The van der Waals surface area contributed by atoms with Crippen molar-refractivity contribution in [1.29, 1.82) is 0 Å². The van der Waals surface area contributed by atoms with Gasteiger partial charge in [0, 0.05) is 18.7 Å². The first-order valence-electron chi connectivity index (χ1n) is 3.66. The van der Waals surface area contributed by atoms with E-state index < -0.39 is 0 Å². The average molecular weight is 173 g/mol. The largest absolute Gasteiger partial charge is 0.293 e. The number of nitrogens with zero attached hydrogens (tertiary/aromatic N) is 1. The second-order valence-corrected chi connectivity index (χ2v) is 2.38. The van der Waals surface area contributed by atoms with Crippen molar-refractivity contribution >= 4 is 12.1 Å². The van der Waals surface area contributed by atoms with Gasteiger partial charge in [0.15, 0.2) is 12.1 Å². The van der Waals surface area contributed by atoms with Gasteiger partial charge in [-0.25, -0.2) is 0 Å². The predicted octanol–water partition coefficient (Wildman–Crippen LogP) is 0.835. The minimum Gasteiger partial charge on any atom is -0.293 e. The summed E-state index contributed by atoms with van der Waals surface area (Å²) in [7, 11) is 0. The highest BCUT2D eigenvalue weighted by Crippen LogP contribution is 1.98. The number of carbonyl (C=O) groups is 2. The molecule has 0 aromatic carbocycles. The molecule has 0 atom stereocenters. The number of hydrogen-bond donors (Lipinski definition) is 0. The molecule has 0 fully saturated rings. The fraction of sp³-hybridized carbons (Fsp3) is 0.100. The average Bonchev–Trinajstić information content (AvgIpc) is 2.15. The highest BCUT2D eigenvalue weighted by molar-refractivity contribution is 5.92. The number of pyridine rings is 1. The molecule has 0 unspecified atom stereocenters. The molecule has 1 aromatic heterocycles. The van der Waals surface area contributed by atoms with Crippen LogP contribution in [0.1, 0.15) is 23.0 Å². The SMILES string of the molecule is CC(=O)c1ccc(C#CC=O)cn1. The molecule has 0 aliphatic rings. The number of hydrogen-bond acceptors (Lipinski definition) is 3. The van der Waals surface area contributed by atoms with Gasteiger partial charge >= 0.3 is 0 Å². The topological polar surface area (TPSA) is 47.0 Å². The van der Waals surface area contributed by atoms with E-state index in [9.17, 15) is 9.59 Å². The first kappa shape index (κ1) is 9.14. The Kier molecular flexibility index (Phi) is 2.93. The lowest BCUT2D eigenvalue weighted by Crippen LogP contribution is -1.95. The van der Waals surface area contributed by atoms with E-state index in [0.29, 0.717) is 17.5 Å². The van der Waals surface area contributed by atoms with Crippen molar-refractivity contribution in [3.8, 4) is 11.8 Å². The lowest BCUT2D eigenvalue weighted by atomic mass is 10.2. The third-order valence-corrected chi connectivity index (χ3v) is 1.40. The minimum absolute atomic E-state index is 0.0881. The van der Waals surface area contributed by atoms with E-state index in [4.69, 9.17) is 0 Å². The molecule has 0 amide bonds. The van der Waals surface area contributed by atoms with Crippen LogP contribution < -0.4 is 0 Å². The molecule has 3 heteroatoms. The third kappa shape index (κ3) is 2.53. The zero-order valence-electron chi connectivity index (χ0n) is 7.07. The number of aldehydes is 1. The number of carbonyl (C=O) groups excluding carboxylic acids is 2. The highest BCUT2D eigenvalue weighted by atomic mass is 16.1. The summed E-state index contributed by atoms with van der Waals surface area (Å²) in [5.74, 6) is 4.74. The second-order valence-electron chi connectivity index (χ2n) is 2.38. The molecule has 0 radical (unpaired) electrons. The van der Waals surface area contributed by atoms with Gasteiger partial charge in [0.05, 0.1) is 0 Å². The van der Waals surface area contributed by atoms with Crippen molar-refractivity contribution in [2.75, 3.05) is 0 Å². The molecular weight excluding hydrogens is 166 g/mol. The first-order valence-corrected chi connectivity index (χ1v) is 3.66. The van der Waals surface area contributed by atoms with E-state index in [1.807, 2.05) is 0 Å². The summed E-state index contributed by atoms with van der Waals surface area (Å²) in [4.78, 5) is 24.6. The van der Waals surface area contributed by atoms with Crippen LogP contribution in [0.2, 0.25) is 0 Å². The molecule has 1 rings (SSSR count). The smallest absolute Gasteiger partial charge is 0.193 e. The van der Waals surface area contributed by atoms with E-state index >= 15 is 0 Å². The lowest BCUT2D eigenvalue weighted by Gasteiger charge is -1.92. The molecule has 0 saturated carbocycles. The summed E-state index contributed by atoms with van der Waals surface area (Å²) < 4.78 is 0. The van der Waals surface area contributed by atoms with Crippen molar-refractivity contribution in [2.45, 2.75) is 6.92 Å². The van der Waals surface area contributed by atoms with Crippen molar-refractivity contribution in [1.82, 2.24) is 4.98 Å². The van der Waals surface area contributed by atoms with Crippen LogP contribution in [0.25, 0.3) is 0 Å². The highest BCUT2D eigenvalue weighted by Gasteiger charge is 1.98. The van der Waals surface area contributed by atoms with Gasteiger partial charge in [-0.2, -0.15) is 0 Å². The summed E-state index contributed by atoms with van der Waals surface area (Å²) in [5.41, 5.74) is 1.02. The fourth-order valence-electron chi connectivity index (χ4n) is 0.789. The number of ketones is 1. The zero-order valence-corrected chi connectivity index (χ0v) is 7.07. The maximum atomic E-state index is 10.8. The normalized spacial score (nSPS) is 8.38. The van der Waals surface area contributed by atoms with E-state index in [-0.39, 0.29) is 5.78 Å². The van der Waals surface area contributed by atoms with E-state index in [2.05, 4.69) is 16.8 Å². The maximum Gasteiger partial charge on any atom is 0.193 e. The Morgan fingerprint density at radius 3 is 2.77 bits per heavy atom. The van der Waals surface area contributed by atoms with Gasteiger partial charge in [-0.05, 0) is 18.1 Å². The van der Waals surface area contributed by atoms with E-state index in [1.165, 1.54) is 13.1 Å². The Morgan fingerprint density at radius 1 is 1.54 bits per heavy atom. The molecular formula is C10H7NO2. The van der Waals surface area contributed by atoms with Gasteiger partial charge in [-0.3, -0.25) is 14.6 Å². The Hall–Kier alpha value is -1.95. The lowest BCUT2D eigenvalue weighted by molar-refractivity contribution is -0.103. The Labute approximate surface area is 75.8 Å². The summed E-state index contributed by atoms with van der Waals surface area (Å²) in [5, 5.41) is 0. The number of rotatable bonds is 1. The molecule has 0 saturated heterocycles. The number of Topliss-reactive ketones (excluding diaryl/α,β-unsaturated/α-hetero) is 1. The Balaban J connectivity index is 2.93. The van der Waals surface area contributed by atoms with Crippen LogP contribution in [-0.4, -0.2) is 17.1 Å². The summed E-state index contributed by atoms with van der Waals surface area (Å²) in [6.07, 6.45) is 1.98. The maximum absolute atomic E-state index is 10.8. The molecule has 3 nitrogen and oxygen atoms in total. The van der Waals surface area contributed by atoms with Crippen LogP contribution in [0.5, 0.6) is 0 Å². The van der Waals surface area contributed by atoms with Gasteiger partial charge in [0.2, 0.25) is 0 Å². The van der Waals surface area contributed by atoms with Crippen LogP contribution in [0.3, 0.4) is 0 Å². The van der Waals surface area contributed by atoms with Crippen LogP contribution >= 0.6 is 0 Å². The van der Waals surface area contributed by atoms with Crippen LogP contribution in [0.15, 0.2) is 18.3 Å². The van der Waals surface area contributed by atoms with Crippen LogP contribution in [0, 0.1) is 11.8 Å². The predicted molar refractivity (Wildman–Crippen MR) is 47.2 cm³/mol. The van der Waals surface area contributed by atoms with Crippen LogP contribution in [0.4, 0.5) is 0 Å². The quantitative estimate of drug-likeness (QED) is 0.359. The standard InChI is InChI=1S/C10H7NO2/c1-8(13)10-5-4-9(7-11-10)3-2-6-12/h4-7H,1H3. The Morgan fingerprint density at radius 2 is 2.31 bits per heavy atom. The summed E-state index contributed by atoms with van der Waals surface area (Å²) >= 11 is 0. The molecule has 0 N–H and O–H groups in total. The van der Waals surface area contributed by atoms with E-state index in [0.717, 1.165) is 0 Å². The third-order valence-electron chi connectivity index (χ3n) is 1.40. The molecule has 1 heterocycles. The van der Waals surface area contributed by atoms with Crippen molar-refractivity contribution in [2.24, 2.45) is 0 Å². The second kappa shape index (κ2) is 4.17. The zero-order chi connectivity index (χ0) is 9.68. The van der Waals surface area contributed by atoms with Gasteiger partial charge in [-0.1, -0.05) is 5.92 Å². The molecule has 0 aliphatic carbocycles. The fourth-order valence-corrected chi connectivity index (χ4v) is 0.789. The van der Waals surface area contributed by atoms with Gasteiger partial charge < -0.3 is 0 Å². The minimum atomic E-state index is -0.0881.